The van der Waals surface area contributed by atoms with E-state index in [0.29, 0.717) is 5.56 Å². The number of benzene rings is 4. The molecule has 0 N–H and O–H groups in total. The molecule has 1 heterocycles. The molecule has 194 valence electrons. The molecule has 39 heavy (non-hydrogen) atoms. The first-order valence-corrected chi connectivity index (χ1v) is 13.4. The van der Waals surface area contributed by atoms with Gasteiger partial charge in [-0.05, 0) is 92.2 Å². The number of aryl methyl sites for hydroxylation is 5. The van der Waals surface area contributed by atoms with E-state index in [1.807, 2.05) is 19.1 Å². The van der Waals surface area contributed by atoms with Gasteiger partial charge in [0.2, 0.25) is 0 Å². The minimum Gasteiger partial charge on any atom is -0.465 e. The van der Waals surface area contributed by atoms with Crippen LogP contribution in [-0.4, -0.2) is 19.9 Å². The van der Waals surface area contributed by atoms with Crippen LogP contribution in [0.1, 0.15) is 49.3 Å². The van der Waals surface area contributed by atoms with Crippen molar-refractivity contribution in [3.05, 3.63) is 141 Å². The fraction of sp³-hybridized carbons (Fsp3) is 0.171. The van der Waals surface area contributed by atoms with Gasteiger partial charge in [-0.25, -0.2) is 4.79 Å². The van der Waals surface area contributed by atoms with Gasteiger partial charge < -0.3 is 9.55 Å². The molecule has 4 aromatic rings. The van der Waals surface area contributed by atoms with Gasteiger partial charge in [0.15, 0.2) is 0 Å². The number of hydrogen-bond acceptors (Lipinski definition) is 3. The van der Waals surface area contributed by atoms with Crippen LogP contribution in [-0.2, 0) is 4.74 Å². The van der Waals surface area contributed by atoms with Crippen LogP contribution in [0.5, 0.6) is 0 Å². The SMILES string of the molecule is COC(=O)c1ccc(N2B(c3c(C)cc(C)cc3C)C=C(c3ccccc3C)C=C2c2ccccc2)cc1C. The van der Waals surface area contributed by atoms with Crippen LogP contribution >= 0.6 is 0 Å². The Labute approximate surface area is 232 Å². The predicted molar refractivity (Wildman–Crippen MR) is 165 cm³/mol. The van der Waals surface area contributed by atoms with E-state index in [1.165, 1.54) is 46.0 Å². The summed E-state index contributed by atoms with van der Waals surface area (Å²) in [7, 11) is 1.42. The lowest BCUT2D eigenvalue weighted by atomic mass is 9.49. The van der Waals surface area contributed by atoms with Crippen molar-refractivity contribution in [3.8, 4) is 0 Å². The van der Waals surface area contributed by atoms with Gasteiger partial charge in [-0.1, -0.05) is 89.4 Å². The summed E-state index contributed by atoms with van der Waals surface area (Å²) in [5.74, 6) is 2.07. The second-order valence-electron chi connectivity index (χ2n) is 10.5. The standard InChI is InChI=1S/C35H34BNO2/c1-23-18-26(4)34(27(5)19-23)36-22-29(31-15-11-10-12-24(31)2)21-33(28-13-8-7-9-14-28)37(36)30-16-17-32(25(3)20-30)35(38)39-6/h7-22H,1-6H3. The Morgan fingerprint density at radius 3 is 2.05 bits per heavy atom. The van der Waals surface area contributed by atoms with Crippen LogP contribution in [0, 0.1) is 34.6 Å². The van der Waals surface area contributed by atoms with Gasteiger partial charge in [0, 0.05) is 11.4 Å². The summed E-state index contributed by atoms with van der Waals surface area (Å²) in [6, 6.07) is 29.7. The smallest absolute Gasteiger partial charge is 0.338 e. The van der Waals surface area contributed by atoms with Crippen molar-refractivity contribution in [2.24, 2.45) is 0 Å². The van der Waals surface area contributed by atoms with Crippen molar-refractivity contribution in [3.63, 3.8) is 0 Å². The Kier molecular flexibility index (Phi) is 7.30. The van der Waals surface area contributed by atoms with Gasteiger partial charge in [-0.3, -0.25) is 0 Å². The molecule has 0 bridgehead atoms. The Bertz CT molecular complexity index is 1590. The molecule has 0 saturated heterocycles. The Morgan fingerprint density at radius 2 is 1.41 bits per heavy atom. The average molecular weight is 511 g/mol. The van der Waals surface area contributed by atoms with Crippen molar-refractivity contribution >= 4 is 35.2 Å². The van der Waals surface area contributed by atoms with Crippen LogP contribution < -0.4 is 10.3 Å². The first kappa shape index (κ1) is 26.3. The van der Waals surface area contributed by atoms with Crippen molar-refractivity contribution in [1.29, 1.82) is 0 Å². The summed E-state index contributed by atoms with van der Waals surface area (Å²) in [4.78, 5) is 14.8. The molecule has 0 unspecified atom stereocenters. The number of allylic oxidation sites excluding steroid dienone is 2. The Balaban J connectivity index is 1.80. The molecule has 4 heteroatoms. The lowest BCUT2D eigenvalue weighted by molar-refractivity contribution is 0.0600. The molecule has 3 nitrogen and oxygen atoms in total. The van der Waals surface area contributed by atoms with Crippen molar-refractivity contribution in [1.82, 2.24) is 0 Å². The van der Waals surface area contributed by atoms with Gasteiger partial charge in [0.1, 0.15) is 0 Å². The first-order chi connectivity index (χ1) is 18.8. The molecule has 1 aliphatic rings. The van der Waals surface area contributed by atoms with E-state index < -0.39 is 0 Å². The molecule has 0 amide bonds. The van der Waals surface area contributed by atoms with Gasteiger partial charge in [0.05, 0.1) is 12.7 Å². The zero-order chi connectivity index (χ0) is 27.7. The molecular weight excluding hydrogens is 477 g/mol. The second kappa shape index (κ2) is 10.8. The number of anilines is 1. The molecule has 0 radical (unpaired) electrons. The van der Waals surface area contributed by atoms with E-state index in [9.17, 15) is 4.79 Å². The van der Waals surface area contributed by atoms with Crippen LogP contribution in [0.4, 0.5) is 5.69 Å². The Hall–Kier alpha value is -4.31. The number of rotatable bonds is 5. The molecule has 0 atom stereocenters. The molecule has 0 aliphatic carbocycles. The Morgan fingerprint density at radius 1 is 0.744 bits per heavy atom. The molecule has 0 fully saturated rings. The summed E-state index contributed by atoms with van der Waals surface area (Å²) < 4.78 is 5.03. The summed E-state index contributed by atoms with van der Waals surface area (Å²) >= 11 is 0. The van der Waals surface area contributed by atoms with E-state index in [1.54, 1.807) is 0 Å². The van der Waals surface area contributed by atoms with Crippen LogP contribution in [0.2, 0.25) is 0 Å². The largest absolute Gasteiger partial charge is 0.465 e. The predicted octanol–water partition coefficient (Wildman–Crippen LogP) is 7.40. The van der Waals surface area contributed by atoms with E-state index in [4.69, 9.17) is 4.74 Å². The summed E-state index contributed by atoms with van der Waals surface area (Å²) in [6.07, 6.45) is 2.30. The van der Waals surface area contributed by atoms with Crippen molar-refractivity contribution < 1.29 is 9.53 Å². The van der Waals surface area contributed by atoms with E-state index in [-0.39, 0.29) is 12.8 Å². The van der Waals surface area contributed by atoms with Crippen molar-refractivity contribution in [2.75, 3.05) is 11.9 Å². The third kappa shape index (κ3) is 5.07. The van der Waals surface area contributed by atoms with E-state index in [0.717, 1.165) is 22.5 Å². The number of carbonyl (C=O) groups excluding carboxylic acids is 1. The average Bonchev–Trinajstić information content (AvgIpc) is 2.92. The fourth-order valence-corrected chi connectivity index (χ4v) is 5.86. The molecular formula is C35H34BNO2. The number of nitrogens with zero attached hydrogens (tertiary/aromatic N) is 1. The monoisotopic (exact) mass is 511 g/mol. The first-order valence-electron chi connectivity index (χ1n) is 13.4. The number of ether oxygens (including phenoxy) is 1. The number of hydrogen-bond donors (Lipinski definition) is 0. The maximum Gasteiger partial charge on any atom is 0.338 e. The number of esters is 1. The number of carbonyl (C=O) groups is 1. The minimum absolute atomic E-state index is 0.0520. The molecule has 4 aromatic carbocycles. The highest BCUT2D eigenvalue weighted by atomic mass is 16.5. The third-order valence-corrected chi connectivity index (χ3v) is 7.62. The zero-order valence-electron chi connectivity index (χ0n) is 23.6. The highest BCUT2D eigenvalue weighted by molar-refractivity contribution is 6.84. The molecule has 5 rings (SSSR count). The molecule has 0 saturated carbocycles. The number of methoxy groups -OCH3 is 1. The maximum absolute atomic E-state index is 12.4. The molecule has 0 aromatic heterocycles. The fourth-order valence-electron chi connectivity index (χ4n) is 5.86. The van der Waals surface area contributed by atoms with Crippen molar-refractivity contribution in [2.45, 2.75) is 34.6 Å². The maximum atomic E-state index is 12.4. The quantitative estimate of drug-likeness (QED) is 0.207. The summed E-state index contributed by atoms with van der Waals surface area (Å²) in [5, 5.41) is 0. The van der Waals surface area contributed by atoms with Crippen LogP contribution in [0.25, 0.3) is 11.3 Å². The topological polar surface area (TPSA) is 29.5 Å². The lowest BCUT2D eigenvalue weighted by Gasteiger charge is -2.38. The molecule has 1 aliphatic heterocycles. The highest BCUT2D eigenvalue weighted by Crippen LogP contribution is 2.37. The summed E-state index contributed by atoms with van der Waals surface area (Å²) in [5.41, 5.74) is 13.5. The van der Waals surface area contributed by atoms with E-state index in [2.05, 4.69) is 117 Å². The van der Waals surface area contributed by atoms with Gasteiger partial charge in [-0.2, -0.15) is 0 Å². The minimum atomic E-state index is -0.319. The van der Waals surface area contributed by atoms with Crippen LogP contribution in [0.3, 0.4) is 0 Å². The van der Waals surface area contributed by atoms with Gasteiger partial charge in [0.25, 0.3) is 0 Å². The zero-order valence-corrected chi connectivity index (χ0v) is 23.6. The third-order valence-electron chi connectivity index (χ3n) is 7.62. The highest BCUT2D eigenvalue weighted by Gasteiger charge is 2.34. The second-order valence-corrected chi connectivity index (χ2v) is 10.5. The van der Waals surface area contributed by atoms with Gasteiger partial charge in [-0.15, -0.1) is 0 Å². The van der Waals surface area contributed by atoms with Crippen LogP contribution in [0.15, 0.2) is 97.0 Å². The molecule has 0 spiro atoms. The van der Waals surface area contributed by atoms with Gasteiger partial charge >= 0.3 is 12.8 Å². The van der Waals surface area contributed by atoms with E-state index >= 15 is 0 Å². The lowest BCUT2D eigenvalue weighted by Crippen LogP contribution is -2.50. The normalized spacial score (nSPS) is 13.2. The summed E-state index contributed by atoms with van der Waals surface area (Å²) in [6.45, 7) is 10.7.